The number of fused-ring (bicyclic) bond motifs is 12. The van der Waals surface area contributed by atoms with Crippen molar-refractivity contribution in [1.82, 2.24) is 9.97 Å². The van der Waals surface area contributed by atoms with Crippen LogP contribution in [-0.2, 0) is 0 Å². The van der Waals surface area contributed by atoms with Crippen molar-refractivity contribution < 1.29 is 0 Å². The van der Waals surface area contributed by atoms with Gasteiger partial charge < -0.3 is 9.80 Å². The van der Waals surface area contributed by atoms with Gasteiger partial charge in [0.2, 0.25) is 0 Å². The summed E-state index contributed by atoms with van der Waals surface area (Å²) in [5, 5.41) is 7.59. The normalized spacial score (nSPS) is 12.8. The molecule has 0 saturated carbocycles. The molecule has 4 heterocycles. The topological polar surface area (TPSA) is 32.3 Å². The maximum Gasteiger partial charge on any atom is 0.182 e. The molecule has 0 amide bonds. The molecule has 12 aromatic rings. The van der Waals surface area contributed by atoms with Crippen LogP contribution in [0.3, 0.4) is 0 Å². The first-order chi connectivity index (χ1) is 34.3. The van der Waals surface area contributed by atoms with Crippen LogP contribution in [0.4, 0.5) is 34.1 Å². The van der Waals surface area contributed by atoms with Crippen LogP contribution in [0.2, 0.25) is 0 Å². The number of rotatable bonds is 8. The average Bonchev–Trinajstić information content (AvgIpc) is 4.19. The van der Waals surface area contributed by atoms with Gasteiger partial charge in [0.1, 0.15) is 10.0 Å². The minimum absolute atomic E-state index is 1.02. The molecule has 4 nitrogen and oxygen atoms in total. The van der Waals surface area contributed by atoms with Gasteiger partial charge in [-0.25, -0.2) is 9.97 Å². The highest BCUT2D eigenvalue weighted by atomic mass is 32.1. The highest BCUT2D eigenvalue weighted by Gasteiger charge is 2.57. The van der Waals surface area contributed by atoms with E-state index in [4.69, 9.17) is 9.97 Å². The van der Waals surface area contributed by atoms with Crippen LogP contribution in [0.25, 0.3) is 63.8 Å². The zero-order valence-corrected chi connectivity index (χ0v) is 39.8. The average molecular weight is 933 g/mol. The molecule has 0 N–H and O–H groups in total. The number of hydrogen-bond donors (Lipinski definition) is 0. The summed E-state index contributed by atoms with van der Waals surface area (Å²) >= 11 is 3.56. The highest BCUT2D eigenvalue weighted by molar-refractivity contribution is 7.25. The number of anilines is 6. The van der Waals surface area contributed by atoms with Crippen LogP contribution in [0, 0.1) is 0 Å². The van der Waals surface area contributed by atoms with Crippen molar-refractivity contribution in [2.75, 3.05) is 9.80 Å². The molecule has 0 bridgehead atoms. The first kappa shape index (κ1) is 39.9. The third-order valence-electron chi connectivity index (χ3n) is 13.9. The van der Waals surface area contributed by atoms with Crippen molar-refractivity contribution in [2.45, 2.75) is 0 Å². The van der Waals surface area contributed by atoms with Gasteiger partial charge in [-0.1, -0.05) is 158 Å². The molecule has 0 atom stereocenters. The number of para-hydroxylation sites is 6. The Morgan fingerprint density at radius 3 is 0.971 bits per heavy atom. The van der Waals surface area contributed by atoms with Crippen LogP contribution in [0.15, 0.2) is 243 Å². The third kappa shape index (κ3) is 6.04. The standard InChI is InChI=1S/C62H40N4S2Si/c1-5-21-41(22-6-1)65(42-23-7-2-8-24-42)49-33-19-39-55-59(49)60-50(66(43-25-9-3-10-26-43)44-27-11-4-12-28-44)34-20-40-56(60)69(55)53-37-17-29-45(61-63-47-31-13-15-35-51(47)67-61)57(53)58-46(30-18-38-54(58)69)62-64-48-32-14-16-36-52(48)68-62/h1-40H. The molecule has 0 radical (unpaired) electrons. The molecule has 69 heavy (non-hydrogen) atoms. The Kier molecular flexibility index (Phi) is 9.24. The molecule has 0 unspecified atom stereocenters. The van der Waals surface area contributed by atoms with E-state index >= 15 is 0 Å². The van der Waals surface area contributed by atoms with Crippen LogP contribution in [0.1, 0.15) is 0 Å². The Morgan fingerprint density at radius 1 is 0.290 bits per heavy atom. The molecule has 14 rings (SSSR count). The van der Waals surface area contributed by atoms with E-state index in [9.17, 15) is 0 Å². The van der Waals surface area contributed by atoms with Crippen molar-refractivity contribution in [1.29, 1.82) is 0 Å². The van der Waals surface area contributed by atoms with E-state index in [1.807, 2.05) is 0 Å². The Morgan fingerprint density at radius 2 is 0.609 bits per heavy atom. The number of nitrogens with zero attached hydrogens (tertiary/aromatic N) is 4. The molecule has 1 spiro atoms. The molecule has 0 aliphatic carbocycles. The fourth-order valence-corrected chi connectivity index (χ4v) is 18.9. The van der Waals surface area contributed by atoms with E-state index < -0.39 is 8.07 Å². The molecule has 10 aromatic carbocycles. The van der Waals surface area contributed by atoms with E-state index in [2.05, 4.69) is 252 Å². The summed E-state index contributed by atoms with van der Waals surface area (Å²) in [6.45, 7) is 0. The number of thiazole rings is 2. The monoisotopic (exact) mass is 932 g/mol. The lowest BCUT2D eigenvalue weighted by Crippen LogP contribution is -2.70. The third-order valence-corrected chi connectivity index (χ3v) is 21.0. The number of hydrogen-bond acceptors (Lipinski definition) is 6. The van der Waals surface area contributed by atoms with Crippen molar-refractivity contribution >= 4 is 106 Å². The lowest BCUT2D eigenvalue weighted by molar-refractivity contribution is 1.27. The first-order valence-electron chi connectivity index (χ1n) is 23.3. The van der Waals surface area contributed by atoms with Gasteiger partial charge in [-0.3, -0.25) is 0 Å². The maximum absolute atomic E-state index is 5.39. The van der Waals surface area contributed by atoms with Crippen molar-refractivity contribution in [3.05, 3.63) is 243 Å². The minimum atomic E-state index is -3.22. The summed E-state index contributed by atoms with van der Waals surface area (Å²) in [6, 6.07) is 88.9. The fourth-order valence-electron chi connectivity index (χ4n) is 11.2. The lowest BCUT2D eigenvalue weighted by Gasteiger charge is -2.31. The second-order valence-corrected chi connectivity index (χ2v) is 23.3. The van der Waals surface area contributed by atoms with E-state index in [1.54, 1.807) is 22.7 Å². The first-order valence-corrected chi connectivity index (χ1v) is 27.0. The Bertz CT molecular complexity index is 3520. The molecular formula is C62H40N4S2Si. The number of benzene rings is 10. The second kappa shape index (κ2) is 16.0. The molecular weight excluding hydrogens is 893 g/mol. The van der Waals surface area contributed by atoms with Gasteiger partial charge in [0, 0.05) is 45.0 Å². The SMILES string of the molecule is c1ccc(N(c2ccccc2)c2cccc3c2-c2c(N(c4ccccc4)c4ccccc4)cccc2[Si]32c3cccc(-c4nc5ccccc5s4)c3-c3c(-c4nc5ccccc5s4)cccc32)cc1. The van der Waals surface area contributed by atoms with Crippen molar-refractivity contribution in [2.24, 2.45) is 0 Å². The van der Waals surface area contributed by atoms with E-state index in [0.717, 1.165) is 55.2 Å². The molecule has 7 heteroatoms. The van der Waals surface area contributed by atoms with Gasteiger partial charge in [0.05, 0.1) is 31.8 Å². The zero-order valence-electron chi connectivity index (χ0n) is 37.2. The summed E-state index contributed by atoms with van der Waals surface area (Å²) in [6.07, 6.45) is 0. The summed E-state index contributed by atoms with van der Waals surface area (Å²) in [5.74, 6) is 0. The summed E-state index contributed by atoms with van der Waals surface area (Å²) in [7, 11) is -3.22. The summed E-state index contributed by atoms with van der Waals surface area (Å²) in [4.78, 5) is 15.7. The lowest BCUT2D eigenvalue weighted by atomic mass is 9.96. The van der Waals surface area contributed by atoms with Gasteiger partial charge in [0.25, 0.3) is 0 Å². The van der Waals surface area contributed by atoms with E-state index in [1.165, 1.54) is 63.5 Å². The van der Waals surface area contributed by atoms with Crippen LogP contribution in [-0.4, -0.2) is 18.0 Å². The Hall–Kier alpha value is -8.20. The van der Waals surface area contributed by atoms with Gasteiger partial charge in [-0.05, 0) is 117 Å². The van der Waals surface area contributed by atoms with Crippen molar-refractivity contribution in [3.63, 3.8) is 0 Å². The fraction of sp³-hybridized carbons (Fsp3) is 0. The second-order valence-electron chi connectivity index (χ2n) is 17.6. The molecule has 324 valence electrons. The van der Waals surface area contributed by atoms with Gasteiger partial charge in [-0.2, -0.15) is 0 Å². The molecule has 0 fully saturated rings. The summed E-state index contributed by atoms with van der Waals surface area (Å²) < 4.78 is 2.37. The number of aromatic nitrogens is 2. The van der Waals surface area contributed by atoms with Crippen LogP contribution < -0.4 is 30.5 Å². The zero-order chi connectivity index (χ0) is 45.5. The molecule has 0 saturated heterocycles. The van der Waals surface area contributed by atoms with E-state index in [0.29, 0.717) is 0 Å². The maximum atomic E-state index is 5.39. The quantitative estimate of drug-likeness (QED) is 0.142. The van der Waals surface area contributed by atoms with Crippen LogP contribution >= 0.6 is 22.7 Å². The summed E-state index contributed by atoms with van der Waals surface area (Å²) in [5.41, 5.74) is 16.1. The minimum Gasteiger partial charge on any atom is -0.310 e. The highest BCUT2D eigenvalue weighted by Crippen LogP contribution is 2.52. The Labute approximate surface area is 409 Å². The molecule has 2 aromatic heterocycles. The molecule has 2 aliphatic rings. The van der Waals surface area contributed by atoms with Crippen molar-refractivity contribution in [3.8, 4) is 43.4 Å². The van der Waals surface area contributed by atoms with Gasteiger partial charge >= 0.3 is 0 Å². The smallest absolute Gasteiger partial charge is 0.182 e. The predicted octanol–water partition coefficient (Wildman–Crippen LogP) is 14.5. The van der Waals surface area contributed by atoms with Gasteiger partial charge in [0.15, 0.2) is 8.07 Å². The largest absolute Gasteiger partial charge is 0.310 e. The van der Waals surface area contributed by atoms with E-state index in [-0.39, 0.29) is 0 Å². The molecule has 2 aliphatic heterocycles. The Balaban J connectivity index is 1.15. The predicted molar refractivity (Wildman–Crippen MR) is 295 cm³/mol. The van der Waals surface area contributed by atoms with Gasteiger partial charge in [-0.15, -0.1) is 22.7 Å². The van der Waals surface area contributed by atoms with Crippen LogP contribution in [0.5, 0.6) is 0 Å².